The first-order valence-corrected chi connectivity index (χ1v) is 8.17. The Hall–Kier alpha value is -1.73. The fraction of sp³-hybridized carbons (Fsp3) is 0.412. The van der Waals surface area contributed by atoms with E-state index in [1.54, 1.807) is 18.2 Å². The van der Waals surface area contributed by atoms with Crippen LogP contribution in [0.25, 0.3) is 11.3 Å². The van der Waals surface area contributed by atoms with Crippen molar-refractivity contribution in [2.24, 2.45) is 0 Å². The number of aromatic nitrogens is 1. The van der Waals surface area contributed by atoms with Crippen LogP contribution in [0.4, 0.5) is 0 Å². The number of rotatable bonds is 11. The Morgan fingerprint density at radius 2 is 2.12 bits per heavy atom. The van der Waals surface area contributed by atoms with Gasteiger partial charge in [0.05, 0.1) is 24.8 Å². The zero-order chi connectivity index (χ0) is 17.2. The molecule has 0 radical (unpaired) electrons. The van der Waals surface area contributed by atoms with Crippen molar-refractivity contribution in [3.05, 3.63) is 40.9 Å². The number of aldehydes is 1. The molecule has 0 bridgehead atoms. The van der Waals surface area contributed by atoms with Crippen molar-refractivity contribution in [3.8, 4) is 11.3 Å². The number of hydrogen-bond acceptors (Lipinski definition) is 6. The Morgan fingerprint density at radius 1 is 1.29 bits per heavy atom. The van der Waals surface area contributed by atoms with Gasteiger partial charge in [-0.1, -0.05) is 17.7 Å². The molecule has 1 heterocycles. The zero-order valence-corrected chi connectivity index (χ0v) is 14.3. The number of carbonyl (C=O) groups excluding carboxylic acids is 1. The summed E-state index contributed by atoms with van der Waals surface area (Å²) in [5.74, 6) is 0.638. The Kier molecular flexibility index (Phi) is 7.91. The quantitative estimate of drug-likeness (QED) is 0.495. The van der Waals surface area contributed by atoms with Gasteiger partial charge in [-0.3, -0.25) is 4.79 Å². The van der Waals surface area contributed by atoms with E-state index in [1.807, 2.05) is 6.92 Å². The smallest absolute Gasteiger partial charge is 0.181 e. The minimum Gasteiger partial charge on any atom is -0.443 e. The molecule has 2 aromatic rings. The first-order valence-electron chi connectivity index (χ1n) is 7.80. The van der Waals surface area contributed by atoms with Crippen LogP contribution in [0.2, 0.25) is 5.02 Å². The molecule has 1 aromatic carbocycles. The molecule has 24 heavy (non-hydrogen) atoms. The number of oxazole rings is 1. The predicted molar refractivity (Wildman–Crippen MR) is 91.4 cm³/mol. The van der Waals surface area contributed by atoms with Crippen molar-refractivity contribution >= 4 is 17.9 Å². The maximum atomic E-state index is 10.8. The summed E-state index contributed by atoms with van der Waals surface area (Å²) < 4.78 is 16.1. The van der Waals surface area contributed by atoms with Crippen LogP contribution in [0.5, 0.6) is 0 Å². The molecule has 0 amide bonds. The van der Waals surface area contributed by atoms with Crippen LogP contribution in [-0.2, 0) is 16.0 Å². The van der Waals surface area contributed by atoms with E-state index < -0.39 is 0 Å². The third-order valence-electron chi connectivity index (χ3n) is 3.32. The van der Waals surface area contributed by atoms with E-state index in [9.17, 15) is 4.79 Å². The third kappa shape index (κ3) is 5.42. The molecule has 0 aliphatic heterocycles. The van der Waals surface area contributed by atoms with Crippen LogP contribution in [0.1, 0.15) is 23.0 Å². The highest BCUT2D eigenvalue weighted by Gasteiger charge is 2.12. The molecule has 0 saturated carbocycles. The van der Waals surface area contributed by atoms with Crippen molar-refractivity contribution in [1.82, 2.24) is 10.3 Å². The summed E-state index contributed by atoms with van der Waals surface area (Å²) in [6.07, 6.45) is 2.12. The molecule has 0 saturated heterocycles. The maximum absolute atomic E-state index is 10.8. The van der Waals surface area contributed by atoms with Crippen molar-refractivity contribution < 1.29 is 18.7 Å². The second-order valence-corrected chi connectivity index (χ2v) is 5.38. The summed E-state index contributed by atoms with van der Waals surface area (Å²) in [6.45, 7) is 5.70. The van der Waals surface area contributed by atoms with Gasteiger partial charge in [0.15, 0.2) is 18.4 Å². The molecule has 7 heteroatoms. The van der Waals surface area contributed by atoms with Crippen LogP contribution in [0.15, 0.2) is 29.0 Å². The van der Waals surface area contributed by atoms with Crippen LogP contribution in [0.3, 0.4) is 0 Å². The van der Waals surface area contributed by atoms with E-state index in [2.05, 4.69) is 10.3 Å². The van der Waals surface area contributed by atoms with Crippen LogP contribution >= 0.6 is 11.6 Å². The maximum Gasteiger partial charge on any atom is 0.181 e. The monoisotopic (exact) mass is 352 g/mol. The van der Waals surface area contributed by atoms with Gasteiger partial charge in [-0.15, -0.1) is 0 Å². The van der Waals surface area contributed by atoms with Crippen molar-refractivity contribution in [3.63, 3.8) is 0 Å². The molecule has 0 unspecified atom stereocenters. The molecular formula is C17H21ClN2O4. The van der Waals surface area contributed by atoms with E-state index in [0.717, 1.165) is 17.5 Å². The zero-order valence-electron chi connectivity index (χ0n) is 13.6. The average molecular weight is 353 g/mol. The lowest BCUT2D eigenvalue weighted by molar-refractivity contribution is 0.0539. The summed E-state index contributed by atoms with van der Waals surface area (Å²) in [5, 5.41) is 3.64. The SMILES string of the molecule is CCOCCOCCNCc1ncoc1-c1ccc(C=O)c(Cl)c1. The largest absolute Gasteiger partial charge is 0.443 e. The molecule has 6 nitrogen and oxygen atoms in total. The lowest BCUT2D eigenvalue weighted by Crippen LogP contribution is -2.20. The first kappa shape index (κ1) is 18.6. The fourth-order valence-electron chi connectivity index (χ4n) is 2.11. The molecule has 0 spiro atoms. The predicted octanol–water partition coefficient (Wildman–Crippen LogP) is 2.95. The van der Waals surface area contributed by atoms with Crippen LogP contribution < -0.4 is 5.32 Å². The van der Waals surface area contributed by atoms with Gasteiger partial charge in [0.25, 0.3) is 0 Å². The van der Waals surface area contributed by atoms with Gasteiger partial charge in [0.1, 0.15) is 5.69 Å². The van der Waals surface area contributed by atoms with E-state index in [-0.39, 0.29) is 0 Å². The summed E-state index contributed by atoms with van der Waals surface area (Å²) in [7, 11) is 0. The Labute approximate surface area is 146 Å². The van der Waals surface area contributed by atoms with Crippen LogP contribution in [0, 0.1) is 0 Å². The Balaban J connectivity index is 1.82. The molecule has 0 fully saturated rings. The number of hydrogen-bond donors (Lipinski definition) is 1. The standard InChI is InChI=1S/C17H21ClN2O4/c1-2-22-7-8-23-6-5-19-10-16-17(24-12-20-16)13-3-4-14(11-21)15(18)9-13/h3-4,9,11-12,19H,2,5-8,10H2,1H3. The molecule has 1 N–H and O–H groups in total. The highest BCUT2D eigenvalue weighted by atomic mass is 35.5. The third-order valence-corrected chi connectivity index (χ3v) is 3.65. The minimum atomic E-state index is 0.389. The summed E-state index contributed by atoms with van der Waals surface area (Å²) in [5.41, 5.74) is 2.01. The molecule has 130 valence electrons. The number of nitrogens with one attached hydrogen (secondary N) is 1. The van der Waals surface area contributed by atoms with Gasteiger partial charge >= 0.3 is 0 Å². The van der Waals surface area contributed by atoms with Gasteiger partial charge in [0, 0.05) is 30.8 Å². The number of benzene rings is 1. The highest BCUT2D eigenvalue weighted by Crippen LogP contribution is 2.27. The highest BCUT2D eigenvalue weighted by molar-refractivity contribution is 6.33. The normalized spacial score (nSPS) is 10.9. The van der Waals surface area contributed by atoms with Gasteiger partial charge in [-0.2, -0.15) is 0 Å². The van der Waals surface area contributed by atoms with Gasteiger partial charge in [-0.05, 0) is 19.1 Å². The lowest BCUT2D eigenvalue weighted by Gasteiger charge is -2.06. The summed E-state index contributed by atoms with van der Waals surface area (Å²) in [6, 6.07) is 5.15. The fourth-order valence-corrected chi connectivity index (χ4v) is 2.33. The minimum absolute atomic E-state index is 0.389. The molecule has 2 rings (SSSR count). The van der Waals surface area contributed by atoms with Crippen LogP contribution in [-0.4, -0.2) is 44.2 Å². The topological polar surface area (TPSA) is 73.6 Å². The number of ether oxygens (including phenoxy) is 2. The molecule has 0 aliphatic rings. The molecule has 0 atom stereocenters. The van der Waals surface area contributed by atoms with Gasteiger partial charge in [0.2, 0.25) is 0 Å². The van der Waals surface area contributed by atoms with Crippen molar-refractivity contribution in [1.29, 1.82) is 0 Å². The Bertz CT molecular complexity index is 645. The average Bonchev–Trinajstić information content (AvgIpc) is 3.05. The van der Waals surface area contributed by atoms with Crippen molar-refractivity contribution in [2.75, 3.05) is 33.0 Å². The van der Waals surface area contributed by atoms with E-state index >= 15 is 0 Å². The summed E-state index contributed by atoms with van der Waals surface area (Å²) >= 11 is 6.06. The second-order valence-electron chi connectivity index (χ2n) is 4.97. The number of halogens is 1. The summed E-state index contributed by atoms with van der Waals surface area (Å²) in [4.78, 5) is 15.0. The second kappa shape index (κ2) is 10.2. The van der Waals surface area contributed by atoms with E-state index in [0.29, 0.717) is 55.9 Å². The van der Waals surface area contributed by atoms with Crippen molar-refractivity contribution in [2.45, 2.75) is 13.5 Å². The Morgan fingerprint density at radius 3 is 2.88 bits per heavy atom. The molecular weight excluding hydrogens is 332 g/mol. The first-order chi connectivity index (χ1) is 11.8. The number of carbonyl (C=O) groups is 1. The van der Waals surface area contributed by atoms with E-state index in [4.69, 9.17) is 25.5 Å². The van der Waals surface area contributed by atoms with Gasteiger partial charge < -0.3 is 19.2 Å². The van der Waals surface area contributed by atoms with Gasteiger partial charge in [-0.25, -0.2) is 4.98 Å². The number of nitrogens with zero attached hydrogens (tertiary/aromatic N) is 1. The lowest BCUT2D eigenvalue weighted by atomic mass is 10.1. The molecule has 0 aliphatic carbocycles. The van der Waals surface area contributed by atoms with E-state index in [1.165, 1.54) is 6.39 Å². The molecule has 1 aromatic heterocycles.